The molecule has 0 bridgehead atoms. The van der Waals surface area contributed by atoms with Crippen LogP contribution in [0.5, 0.6) is 0 Å². The highest BCUT2D eigenvalue weighted by Crippen LogP contribution is 2.40. The molecule has 3 aliphatic heterocycles. The number of piperidine rings is 1. The second-order valence-corrected chi connectivity index (χ2v) is 19.8. The van der Waals surface area contributed by atoms with E-state index in [1.165, 1.54) is 24.8 Å². The summed E-state index contributed by atoms with van der Waals surface area (Å²) in [5.41, 5.74) is 6.79. The first-order chi connectivity index (χ1) is 36.3. The fourth-order valence-corrected chi connectivity index (χ4v) is 9.87. The number of anilines is 1. The van der Waals surface area contributed by atoms with Gasteiger partial charge in [0.15, 0.2) is 0 Å². The van der Waals surface area contributed by atoms with Crippen LogP contribution in [0.2, 0.25) is 10.0 Å². The zero-order valence-electron chi connectivity index (χ0n) is 42.5. The van der Waals surface area contributed by atoms with Crippen molar-refractivity contribution in [3.8, 4) is 46.2 Å². The molecule has 0 saturated carbocycles. The molecule has 2 N–H and O–H groups in total. The number of pyridine rings is 2. The number of piperazine rings is 1. The van der Waals surface area contributed by atoms with E-state index in [9.17, 15) is 9.59 Å². The zero-order valence-corrected chi connectivity index (χ0v) is 44.8. The van der Waals surface area contributed by atoms with E-state index >= 15 is 8.78 Å². The molecule has 388 valence electrons. The number of likely N-dealkylation sites (tertiary alicyclic amines) is 1. The minimum atomic E-state index is -0.684. The van der Waals surface area contributed by atoms with E-state index in [1.807, 2.05) is 51.3 Å². The minimum Gasteiger partial charge on any atom is -0.380 e. The number of hydrogen-bond donors (Lipinski definition) is 2. The van der Waals surface area contributed by atoms with Gasteiger partial charge in [0.2, 0.25) is 0 Å². The number of amides is 2. The number of hydrogen-bond acceptors (Lipinski definition) is 13. The van der Waals surface area contributed by atoms with Gasteiger partial charge in [-0.15, -0.1) is 0 Å². The van der Waals surface area contributed by atoms with Gasteiger partial charge in [0, 0.05) is 105 Å². The maximum Gasteiger partial charge on any atom is 0.258 e. The van der Waals surface area contributed by atoms with E-state index in [-0.39, 0.29) is 32.5 Å². The van der Waals surface area contributed by atoms with Crippen LogP contribution >= 0.6 is 35.1 Å². The molecular weight excluding hydrogens is 1020 g/mol. The first-order valence-corrected chi connectivity index (χ1v) is 26.7. The summed E-state index contributed by atoms with van der Waals surface area (Å²) in [4.78, 5) is 58.1. The highest BCUT2D eigenvalue weighted by atomic mass is 35.5. The number of aromatic nitrogens is 6. The van der Waals surface area contributed by atoms with E-state index in [0.29, 0.717) is 72.7 Å². The lowest BCUT2D eigenvalue weighted by molar-refractivity contribution is -0.136. The highest BCUT2D eigenvalue weighted by molar-refractivity contribution is 7.96. The number of nitrogens with zero attached hydrogens (tertiary/aromatic N) is 9. The molecule has 0 aliphatic carbocycles. The molecule has 2 amide bonds. The van der Waals surface area contributed by atoms with Gasteiger partial charge in [0.1, 0.15) is 30.1 Å². The molecule has 14 nitrogen and oxygen atoms in total. The van der Waals surface area contributed by atoms with Crippen molar-refractivity contribution in [2.24, 2.45) is 5.41 Å². The Kier molecular flexibility index (Phi) is 18.5. The number of rotatable bonds is 11. The number of carbonyl (C=O) groups is 2. The number of benzene rings is 2. The number of aryl methyl sites for hydroxylation is 3. The molecule has 0 unspecified atom stereocenters. The van der Waals surface area contributed by atoms with Gasteiger partial charge in [0.25, 0.3) is 11.8 Å². The summed E-state index contributed by atoms with van der Waals surface area (Å²) in [5, 5.41) is 3.07. The van der Waals surface area contributed by atoms with Crippen LogP contribution in [0, 0.1) is 47.7 Å². The molecule has 0 radical (unpaired) electrons. The maximum atomic E-state index is 15.5. The minimum absolute atomic E-state index is 0.0454. The summed E-state index contributed by atoms with van der Waals surface area (Å²) < 4.78 is 39.4. The molecule has 4 aromatic heterocycles. The Morgan fingerprint density at radius 1 is 0.707 bits per heavy atom. The van der Waals surface area contributed by atoms with Crippen LogP contribution in [0.25, 0.3) is 22.5 Å². The molecule has 0 atom stereocenters. The van der Waals surface area contributed by atoms with E-state index in [0.717, 1.165) is 86.3 Å². The van der Waals surface area contributed by atoms with E-state index in [1.54, 1.807) is 53.3 Å². The molecule has 3 aliphatic rings. The number of ether oxygens (including phenoxy) is 1. The summed E-state index contributed by atoms with van der Waals surface area (Å²) in [6.07, 6.45) is 11.2. The predicted molar refractivity (Wildman–Crippen MR) is 291 cm³/mol. The largest absolute Gasteiger partial charge is 0.380 e. The van der Waals surface area contributed by atoms with Gasteiger partial charge in [-0.05, 0) is 87.4 Å². The highest BCUT2D eigenvalue weighted by Gasteiger charge is 2.42. The second kappa shape index (κ2) is 25.3. The molecule has 9 rings (SSSR count). The average molecular weight is 1070 g/mol. The van der Waals surface area contributed by atoms with Crippen LogP contribution in [-0.4, -0.2) is 135 Å². The van der Waals surface area contributed by atoms with Gasteiger partial charge < -0.3 is 19.9 Å². The van der Waals surface area contributed by atoms with Crippen LogP contribution in [0.3, 0.4) is 0 Å². The number of halogens is 4. The topological polar surface area (TPSA) is 154 Å². The molecule has 19 heteroatoms. The van der Waals surface area contributed by atoms with E-state index in [2.05, 4.69) is 68.5 Å². The van der Waals surface area contributed by atoms with Crippen molar-refractivity contribution in [2.75, 3.05) is 84.2 Å². The van der Waals surface area contributed by atoms with Crippen LogP contribution in [0.15, 0.2) is 73.6 Å². The average Bonchev–Trinajstić information content (AvgIpc) is 3.41. The lowest BCUT2D eigenvalue weighted by atomic mass is 9.77. The van der Waals surface area contributed by atoms with Crippen molar-refractivity contribution in [2.45, 2.75) is 46.5 Å². The van der Waals surface area contributed by atoms with E-state index in [4.69, 9.17) is 27.9 Å². The molecular formula is C56H57Cl2F2N11O3S. The van der Waals surface area contributed by atoms with Crippen LogP contribution < -0.4 is 10.0 Å². The lowest BCUT2D eigenvalue weighted by Crippen LogP contribution is -2.52. The van der Waals surface area contributed by atoms with Gasteiger partial charge >= 0.3 is 0 Å². The van der Waals surface area contributed by atoms with Crippen molar-refractivity contribution in [1.82, 2.24) is 49.3 Å². The summed E-state index contributed by atoms with van der Waals surface area (Å²) >= 11 is 14.6. The standard InChI is InChI=1S/C28H31ClFN7OS.C28H26ClFN4O2/c1-4-24-21(7-5-19-6-8-25(31-2)32-17-19)27(34-18-33-24)20-15-22(29)26(23(30)16-20)28(38)37-13-11-36(12-14-37)10-9-35-39-3;1-3-24-21(7-6-19-5-4-18(2)31-14-19)26(33-17-32-24)20-12-22(29)25(23(30)13-20)27(35)34-10-8-28(9-11-34)15-36-16-28/h6,8,15-18,35H,4,9-14H2,1-3H3,(H,31,32);4-5,12-14,17H,3,8-11,15-16H2,1-2H3. The summed E-state index contributed by atoms with van der Waals surface area (Å²) in [5.74, 6) is 11.1. The van der Waals surface area contributed by atoms with Crippen LogP contribution in [0.4, 0.5) is 14.6 Å². The fourth-order valence-electron chi connectivity index (χ4n) is 9.00. The number of carbonyl (C=O) groups excluding carboxylic acids is 2. The molecule has 3 fully saturated rings. The third-order valence-corrected chi connectivity index (χ3v) is 14.5. The normalized spacial score (nSPS) is 14.9. The summed E-state index contributed by atoms with van der Waals surface area (Å²) in [7, 11) is 1.80. The number of nitrogens with one attached hydrogen (secondary N) is 2. The van der Waals surface area contributed by atoms with E-state index < -0.39 is 17.5 Å². The monoisotopic (exact) mass is 1070 g/mol. The van der Waals surface area contributed by atoms with Crippen LogP contribution in [0.1, 0.15) is 86.7 Å². The first kappa shape index (κ1) is 54.7. The molecule has 2 aromatic carbocycles. The predicted octanol–water partition coefficient (Wildman–Crippen LogP) is 8.81. The molecule has 1 spiro atoms. The SMILES string of the molecule is CCc1ncnc(-c2cc(F)c(C(=O)N3CCC4(CC3)COC4)c(Cl)c2)c1C#Cc1ccc(C)nc1.CCc1ncnc(-c2cc(F)c(C(=O)N3CCN(CCNSC)CC3)c(Cl)c2)c1C#Cc1ccc(NC)nc1. The molecule has 7 heterocycles. The van der Waals surface area contributed by atoms with Crippen molar-refractivity contribution in [3.63, 3.8) is 0 Å². The lowest BCUT2D eigenvalue weighted by Gasteiger charge is -2.47. The molecule has 75 heavy (non-hydrogen) atoms. The zero-order chi connectivity index (χ0) is 53.1. The first-order valence-electron chi connectivity index (χ1n) is 24.8. The molecule has 3 saturated heterocycles. The van der Waals surface area contributed by atoms with Crippen molar-refractivity contribution in [3.05, 3.63) is 146 Å². The Morgan fingerprint density at radius 3 is 1.65 bits per heavy atom. The third-order valence-electron chi connectivity index (χ3n) is 13.4. The van der Waals surface area contributed by atoms with Crippen molar-refractivity contribution >= 4 is 52.8 Å². The van der Waals surface area contributed by atoms with Gasteiger partial charge in [0.05, 0.1) is 68.3 Å². The van der Waals surface area contributed by atoms with Gasteiger partial charge in [-0.3, -0.25) is 24.2 Å². The third kappa shape index (κ3) is 13.1. The smallest absolute Gasteiger partial charge is 0.258 e. The van der Waals surface area contributed by atoms with Gasteiger partial charge in [-0.25, -0.2) is 33.7 Å². The second-order valence-electron chi connectivity index (χ2n) is 18.3. The Hall–Kier alpha value is -6.57. The van der Waals surface area contributed by atoms with Gasteiger partial charge in [-0.2, -0.15) is 0 Å². The maximum absolute atomic E-state index is 15.5. The van der Waals surface area contributed by atoms with Gasteiger partial charge in [-0.1, -0.05) is 72.7 Å². The Bertz CT molecular complexity index is 3110. The quantitative estimate of drug-likeness (QED) is 0.0723. The van der Waals surface area contributed by atoms with Crippen molar-refractivity contribution in [1.29, 1.82) is 0 Å². The van der Waals surface area contributed by atoms with Crippen molar-refractivity contribution < 1.29 is 23.1 Å². The van der Waals surface area contributed by atoms with Crippen LogP contribution in [-0.2, 0) is 17.6 Å². The summed E-state index contributed by atoms with van der Waals surface area (Å²) in [6.45, 7) is 12.7. The summed E-state index contributed by atoms with van der Waals surface area (Å²) in [6, 6.07) is 13.3. The fraction of sp³-hybridized carbons (Fsp3) is 0.357. The molecule has 6 aromatic rings. The Labute approximate surface area is 451 Å². The Balaban J connectivity index is 0.000000200. The Morgan fingerprint density at radius 2 is 1.23 bits per heavy atom.